The second-order valence-electron chi connectivity index (χ2n) is 11.9. The number of allylic oxidation sites excluding steroid dienone is 4. The third-order valence-corrected chi connectivity index (χ3v) is 7.31. The first-order chi connectivity index (χ1) is 16.1. The molecular weight excluding hydrogens is 424 g/mol. The van der Waals surface area contributed by atoms with Crippen LogP contribution in [-0.2, 0) is 14.3 Å². The average molecular weight is 465 g/mol. The number of ketones is 2. The molecular formula is C30H40O4. The van der Waals surface area contributed by atoms with Gasteiger partial charge in [-0.25, -0.2) is 0 Å². The molecule has 1 aromatic rings. The Labute approximate surface area is 204 Å². The minimum Gasteiger partial charge on any atom is -0.494 e. The van der Waals surface area contributed by atoms with E-state index in [1.807, 2.05) is 24.3 Å². The highest BCUT2D eigenvalue weighted by molar-refractivity contribution is 6.06. The van der Waals surface area contributed by atoms with E-state index < -0.39 is 0 Å². The third-order valence-electron chi connectivity index (χ3n) is 7.31. The molecule has 0 amide bonds. The van der Waals surface area contributed by atoms with E-state index in [2.05, 4.69) is 34.6 Å². The van der Waals surface area contributed by atoms with E-state index in [0.717, 1.165) is 42.1 Å². The Morgan fingerprint density at radius 3 is 1.85 bits per heavy atom. The van der Waals surface area contributed by atoms with E-state index in [-0.39, 0.29) is 28.3 Å². The monoisotopic (exact) mass is 464 g/mol. The lowest BCUT2D eigenvalue weighted by molar-refractivity contribution is -0.120. The van der Waals surface area contributed by atoms with Gasteiger partial charge in [-0.15, -0.1) is 0 Å². The van der Waals surface area contributed by atoms with Gasteiger partial charge in [-0.05, 0) is 34.9 Å². The Balaban J connectivity index is 1.61. The van der Waals surface area contributed by atoms with Crippen LogP contribution < -0.4 is 4.74 Å². The molecule has 3 aliphatic rings. The normalized spacial score (nSPS) is 21.8. The van der Waals surface area contributed by atoms with Gasteiger partial charge in [0.1, 0.15) is 17.3 Å². The number of Topliss-reactive ketones (excluding diaryl/α,β-unsaturated/α-hetero) is 2. The Morgan fingerprint density at radius 1 is 0.794 bits per heavy atom. The van der Waals surface area contributed by atoms with E-state index in [1.165, 1.54) is 25.7 Å². The van der Waals surface area contributed by atoms with Crippen molar-refractivity contribution in [2.75, 3.05) is 6.61 Å². The van der Waals surface area contributed by atoms with Crippen LogP contribution in [0.15, 0.2) is 46.9 Å². The van der Waals surface area contributed by atoms with Crippen molar-refractivity contribution < 1.29 is 19.1 Å². The van der Waals surface area contributed by atoms with Gasteiger partial charge in [0, 0.05) is 42.7 Å². The molecule has 0 unspecified atom stereocenters. The molecule has 184 valence electrons. The zero-order chi connectivity index (χ0) is 24.5. The van der Waals surface area contributed by atoms with Gasteiger partial charge in [-0.2, -0.15) is 0 Å². The minimum absolute atomic E-state index is 0.104. The van der Waals surface area contributed by atoms with Crippen LogP contribution in [0.25, 0.3) is 0 Å². The van der Waals surface area contributed by atoms with Crippen LogP contribution in [-0.4, -0.2) is 18.2 Å². The third kappa shape index (κ3) is 5.31. The first kappa shape index (κ1) is 24.8. The van der Waals surface area contributed by atoms with E-state index in [0.29, 0.717) is 30.6 Å². The van der Waals surface area contributed by atoms with Gasteiger partial charge in [-0.3, -0.25) is 9.59 Å². The fourth-order valence-electron chi connectivity index (χ4n) is 5.66. The maximum absolute atomic E-state index is 13.4. The van der Waals surface area contributed by atoms with Crippen LogP contribution in [0.2, 0.25) is 0 Å². The van der Waals surface area contributed by atoms with Crippen molar-refractivity contribution in [1.29, 1.82) is 0 Å². The summed E-state index contributed by atoms with van der Waals surface area (Å²) in [6.07, 6.45) is 8.42. The van der Waals surface area contributed by atoms with Gasteiger partial charge in [0.15, 0.2) is 11.6 Å². The van der Waals surface area contributed by atoms with Crippen LogP contribution in [0.5, 0.6) is 5.75 Å². The highest BCUT2D eigenvalue weighted by Gasteiger charge is 2.47. The minimum atomic E-state index is -0.339. The number of carbonyl (C=O) groups is 2. The summed E-state index contributed by atoms with van der Waals surface area (Å²) in [7, 11) is 0. The van der Waals surface area contributed by atoms with Crippen molar-refractivity contribution in [1.82, 2.24) is 0 Å². The Morgan fingerprint density at radius 2 is 1.32 bits per heavy atom. The van der Waals surface area contributed by atoms with Crippen LogP contribution in [0, 0.1) is 10.8 Å². The van der Waals surface area contributed by atoms with E-state index >= 15 is 0 Å². The maximum Gasteiger partial charge on any atom is 0.163 e. The summed E-state index contributed by atoms with van der Waals surface area (Å²) in [6.45, 7) is 11.4. The number of benzene rings is 1. The number of unbranched alkanes of at least 4 members (excludes halogenated alkanes) is 4. The summed E-state index contributed by atoms with van der Waals surface area (Å²) in [5.41, 5.74) is 2.08. The van der Waals surface area contributed by atoms with Crippen LogP contribution in [0.3, 0.4) is 0 Å². The van der Waals surface area contributed by atoms with E-state index in [4.69, 9.17) is 9.47 Å². The fourth-order valence-corrected chi connectivity index (χ4v) is 5.66. The van der Waals surface area contributed by atoms with E-state index in [1.54, 1.807) is 0 Å². The Bertz CT molecular complexity index is 955. The molecule has 1 aliphatic heterocycles. The molecule has 2 aliphatic carbocycles. The number of ether oxygens (including phenoxy) is 2. The first-order valence-electron chi connectivity index (χ1n) is 13.0. The summed E-state index contributed by atoms with van der Waals surface area (Å²) in [6, 6.07) is 8.01. The second kappa shape index (κ2) is 9.71. The lowest BCUT2D eigenvalue weighted by atomic mass is 9.65. The quantitative estimate of drug-likeness (QED) is 0.375. The summed E-state index contributed by atoms with van der Waals surface area (Å²) < 4.78 is 12.3. The van der Waals surface area contributed by atoms with Gasteiger partial charge in [0.25, 0.3) is 0 Å². The number of hydrogen-bond acceptors (Lipinski definition) is 4. The van der Waals surface area contributed by atoms with Gasteiger partial charge < -0.3 is 9.47 Å². The lowest BCUT2D eigenvalue weighted by Gasteiger charge is -2.42. The topological polar surface area (TPSA) is 52.6 Å². The number of hydrogen-bond donors (Lipinski definition) is 0. The van der Waals surface area contributed by atoms with Crippen LogP contribution >= 0.6 is 0 Å². The molecule has 0 bridgehead atoms. The Kier molecular flexibility index (Phi) is 7.07. The highest BCUT2D eigenvalue weighted by atomic mass is 16.5. The van der Waals surface area contributed by atoms with Crippen molar-refractivity contribution in [2.45, 2.75) is 98.3 Å². The largest absolute Gasteiger partial charge is 0.494 e. The zero-order valence-corrected chi connectivity index (χ0v) is 21.6. The first-order valence-corrected chi connectivity index (χ1v) is 13.0. The molecule has 4 heteroatoms. The maximum atomic E-state index is 13.4. The van der Waals surface area contributed by atoms with Crippen LogP contribution in [0.1, 0.15) is 104 Å². The second-order valence-corrected chi connectivity index (χ2v) is 11.9. The molecule has 1 heterocycles. The number of carbonyl (C=O) groups excluding carboxylic acids is 2. The predicted molar refractivity (Wildman–Crippen MR) is 135 cm³/mol. The number of rotatable bonds is 8. The van der Waals surface area contributed by atoms with Crippen LogP contribution in [0.4, 0.5) is 0 Å². The lowest BCUT2D eigenvalue weighted by Crippen LogP contribution is -2.37. The average Bonchev–Trinajstić information content (AvgIpc) is 2.73. The standard InChI is InChI=1S/C30H40O4/c1-6-7-8-9-10-15-33-21-13-11-20(12-14-21)26-27-22(31)16-29(2,3)18-24(27)34-25-19-30(4,5)17-23(32)28(25)26/h11-14,26H,6-10,15-19H2,1-5H3. The molecule has 1 aromatic carbocycles. The molecule has 0 aromatic heterocycles. The molecule has 0 fully saturated rings. The van der Waals surface area contributed by atoms with Crippen molar-refractivity contribution in [3.63, 3.8) is 0 Å². The predicted octanol–water partition coefficient (Wildman–Crippen LogP) is 7.44. The molecule has 34 heavy (non-hydrogen) atoms. The smallest absolute Gasteiger partial charge is 0.163 e. The molecule has 4 rings (SSSR count). The molecule has 0 saturated carbocycles. The molecule has 0 spiro atoms. The van der Waals surface area contributed by atoms with Crippen molar-refractivity contribution >= 4 is 11.6 Å². The molecule has 4 nitrogen and oxygen atoms in total. The van der Waals surface area contributed by atoms with Gasteiger partial charge >= 0.3 is 0 Å². The Hall–Kier alpha value is -2.36. The SMILES string of the molecule is CCCCCCCOc1ccc(C2C3=C(CC(C)(C)CC3=O)OC3=C2C(=O)CC(C)(C)C3)cc1. The molecule has 0 radical (unpaired) electrons. The highest BCUT2D eigenvalue weighted by Crippen LogP contribution is 2.53. The van der Waals surface area contributed by atoms with E-state index in [9.17, 15) is 9.59 Å². The summed E-state index contributed by atoms with van der Waals surface area (Å²) in [5, 5.41) is 0. The van der Waals surface area contributed by atoms with Crippen molar-refractivity contribution in [3.8, 4) is 5.75 Å². The summed E-state index contributed by atoms with van der Waals surface area (Å²) in [5.74, 6) is 2.24. The van der Waals surface area contributed by atoms with Gasteiger partial charge in [0.05, 0.1) is 6.61 Å². The molecule has 0 saturated heterocycles. The van der Waals surface area contributed by atoms with Crippen molar-refractivity contribution in [3.05, 3.63) is 52.5 Å². The van der Waals surface area contributed by atoms with Crippen molar-refractivity contribution in [2.24, 2.45) is 10.8 Å². The zero-order valence-electron chi connectivity index (χ0n) is 21.6. The van der Waals surface area contributed by atoms with Gasteiger partial charge in [-0.1, -0.05) is 72.4 Å². The summed E-state index contributed by atoms with van der Waals surface area (Å²) >= 11 is 0. The van der Waals surface area contributed by atoms with Gasteiger partial charge in [0.2, 0.25) is 0 Å². The summed E-state index contributed by atoms with van der Waals surface area (Å²) in [4.78, 5) is 26.7. The molecule has 0 atom stereocenters. The fraction of sp³-hybridized carbons (Fsp3) is 0.600. The molecule has 0 N–H and O–H groups in total.